The number of aliphatic hydroxyl groups excluding tert-OH is 1. The van der Waals surface area contributed by atoms with Crippen LogP contribution >= 0.6 is 0 Å². The maximum Gasteiger partial charge on any atom is 0.184 e. The summed E-state index contributed by atoms with van der Waals surface area (Å²) in [6, 6.07) is 9.64. The van der Waals surface area contributed by atoms with Crippen LogP contribution in [0.1, 0.15) is 18.8 Å². The van der Waals surface area contributed by atoms with Crippen LogP contribution < -0.4 is 0 Å². The molecule has 30 heavy (non-hydrogen) atoms. The summed E-state index contributed by atoms with van der Waals surface area (Å²) in [5.41, 5.74) is 9.07. The molecular weight excluding hydrogens is 394 g/mol. The Labute approximate surface area is 175 Å². The number of fused-ring (bicyclic) bond motifs is 1. The van der Waals surface area contributed by atoms with Gasteiger partial charge in [-0.05, 0) is 5.53 Å². The van der Waals surface area contributed by atoms with Gasteiger partial charge in [0.05, 0.1) is 45.7 Å². The predicted molar refractivity (Wildman–Crippen MR) is 105 cm³/mol. The fourth-order valence-corrected chi connectivity index (χ4v) is 3.39. The summed E-state index contributed by atoms with van der Waals surface area (Å²) in [5.74, 6) is -0.259. The molecule has 0 spiro atoms. The molecule has 0 radical (unpaired) electrons. The van der Waals surface area contributed by atoms with Crippen molar-refractivity contribution in [1.29, 1.82) is 0 Å². The molecule has 1 aromatic carbocycles. The molecule has 3 unspecified atom stereocenters. The number of hydrogen-bond acceptors (Lipinski definition) is 8. The molecule has 2 saturated heterocycles. The lowest BCUT2D eigenvalue weighted by Crippen LogP contribution is -2.59. The molecule has 0 bridgehead atoms. The van der Waals surface area contributed by atoms with E-state index < -0.39 is 30.9 Å². The van der Waals surface area contributed by atoms with Crippen molar-refractivity contribution in [3.8, 4) is 0 Å². The molecule has 10 heteroatoms. The summed E-state index contributed by atoms with van der Waals surface area (Å²) >= 11 is 0. The second kappa shape index (κ2) is 12.2. The molecular formula is C20H29N3O7. The van der Waals surface area contributed by atoms with E-state index in [9.17, 15) is 5.11 Å². The molecule has 166 valence electrons. The average molecular weight is 423 g/mol. The van der Waals surface area contributed by atoms with Gasteiger partial charge in [0, 0.05) is 22.9 Å². The number of azide groups is 1. The van der Waals surface area contributed by atoms with Crippen LogP contribution in [0, 0.1) is 5.92 Å². The lowest BCUT2D eigenvalue weighted by molar-refractivity contribution is -0.352. The number of rotatable bonds is 11. The van der Waals surface area contributed by atoms with Gasteiger partial charge in [0.15, 0.2) is 12.6 Å². The van der Waals surface area contributed by atoms with Crippen LogP contribution in [-0.2, 0) is 28.4 Å². The van der Waals surface area contributed by atoms with Crippen LogP contribution in [0.25, 0.3) is 10.4 Å². The van der Waals surface area contributed by atoms with Crippen molar-refractivity contribution in [3.63, 3.8) is 0 Å². The Morgan fingerprint density at radius 2 is 1.83 bits per heavy atom. The molecule has 2 fully saturated rings. The standard InChI is InChI=1S/C20H29N3O7/c1-14-17(24)18-16(13-28-20(30-18)15-5-3-2-4-6-15)29-19(14)27-12-11-26-10-9-25-8-7-22-23-21/h2-6,14,16-20,24H,7-13H2,1H3/t14?,16?,17-,18+,19+,20?/m1/s1. The number of aliphatic hydroxyl groups is 1. The van der Waals surface area contributed by atoms with E-state index in [0.29, 0.717) is 46.2 Å². The number of nitrogens with zero attached hydrogens (tertiary/aromatic N) is 3. The van der Waals surface area contributed by atoms with Gasteiger partial charge in [-0.3, -0.25) is 0 Å². The number of hydrogen-bond donors (Lipinski definition) is 1. The van der Waals surface area contributed by atoms with Crippen molar-refractivity contribution in [2.75, 3.05) is 46.2 Å². The second-order valence-corrected chi connectivity index (χ2v) is 7.12. The van der Waals surface area contributed by atoms with Crippen molar-refractivity contribution in [2.24, 2.45) is 11.0 Å². The summed E-state index contributed by atoms with van der Waals surface area (Å²) in [7, 11) is 0. The minimum atomic E-state index is -0.728. The van der Waals surface area contributed by atoms with E-state index in [1.807, 2.05) is 37.3 Å². The Bertz CT molecular complexity index is 672. The first-order valence-electron chi connectivity index (χ1n) is 10.1. The molecule has 10 nitrogen and oxygen atoms in total. The van der Waals surface area contributed by atoms with Gasteiger partial charge in [-0.2, -0.15) is 0 Å². The first-order chi connectivity index (χ1) is 14.7. The van der Waals surface area contributed by atoms with Gasteiger partial charge in [0.25, 0.3) is 0 Å². The maximum absolute atomic E-state index is 10.8. The van der Waals surface area contributed by atoms with Crippen LogP contribution in [0.2, 0.25) is 0 Å². The maximum atomic E-state index is 10.8. The van der Waals surface area contributed by atoms with E-state index in [2.05, 4.69) is 10.0 Å². The molecule has 1 aromatic rings. The smallest absolute Gasteiger partial charge is 0.184 e. The fraction of sp³-hybridized carbons (Fsp3) is 0.700. The fourth-order valence-electron chi connectivity index (χ4n) is 3.39. The zero-order chi connectivity index (χ0) is 21.2. The lowest BCUT2D eigenvalue weighted by Gasteiger charge is -2.47. The van der Waals surface area contributed by atoms with Gasteiger partial charge in [0.1, 0.15) is 12.2 Å². The van der Waals surface area contributed by atoms with Gasteiger partial charge in [-0.15, -0.1) is 0 Å². The Hall–Kier alpha value is -1.75. The molecule has 2 heterocycles. The third-order valence-corrected chi connectivity index (χ3v) is 5.02. The Balaban J connectivity index is 1.35. The molecule has 0 saturated carbocycles. The first-order valence-corrected chi connectivity index (χ1v) is 10.1. The summed E-state index contributed by atoms with van der Waals surface area (Å²) in [6.07, 6.45) is -2.68. The molecule has 3 rings (SSSR count). The average Bonchev–Trinajstić information content (AvgIpc) is 2.78. The SMILES string of the molecule is CC1[C@@H](OCCOCCOCCN=[N+]=[N-])OC2COC(c3ccccc3)O[C@@H]2[C@@H]1O. The zero-order valence-electron chi connectivity index (χ0n) is 17.0. The highest BCUT2D eigenvalue weighted by molar-refractivity contribution is 5.16. The van der Waals surface area contributed by atoms with Crippen molar-refractivity contribution in [2.45, 2.75) is 37.8 Å². The van der Waals surface area contributed by atoms with Crippen molar-refractivity contribution < 1.29 is 33.5 Å². The number of benzene rings is 1. The van der Waals surface area contributed by atoms with Crippen LogP contribution in [-0.4, -0.2) is 75.9 Å². The van der Waals surface area contributed by atoms with Gasteiger partial charge in [0.2, 0.25) is 0 Å². The molecule has 0 aliphatic carbocycles. The van der Waals surface area contributed by atoms with Crippen LogP contribution in [0.4, 0.5) is 0 Å². The van der Waals surface area contributed by atoms with Gasteiger partial charge in [-0.25, -0.2) is 0 Å². The van der Waals surface area contributed by atoms with Gasteiger partial charge in [-0.1, -0.05) is 42.4 Å². The lowest BCUT2D eigenvalue weighted by atomic mass is 9.91. The highest BCUT2D eigenvalue weighted by Crippen LogP contribution is 2.36. The van der Waals surface area contributed by atoms with E-state index in [-0.39, 0.29) is 5.92 Å². The van der Waals surface area contributed by atoms with E-state index in [4.69, 9.17) is 34.0 Å². The predicted octanol–water partition coefficient (Wildman–Crippen LogP) is 2.18. The molecule has 2 aliphatic rings. The number of ether oxygens (including phenoxy) is 6. The largest absolute Gasteiger partial charge is 0.390 e. The molecule has 1 N–H and O–H groups in total. The highest BCUT2D eigenvalue weighted by atomic mass is 16.7. The third-order valence-electron chi connectivity index (χ3n) is 5.02. The van der Waals surface area contributed by atoms with E-state index >= 15 is 0 Å². The first kappa shape index (κ1) is 22.9. The highest BCUT2D eigenvalue weighted by Gasteiger charge is 2.48. The summed E-state index contributed by atoms with van der Waals surface area (Å²) in [4.78, 5) is 2.64. The third kappa shape index (κ3) is 6.37. The Morgan fingerprint density at radius 3 is 2.60 bits per heavy atom. The van der Waals surface area contributed by atoms with Crippen molar-refractivity contribution in [1.82, 2.24) is 0 Å². The Morgan fingerprint density at radius 1 is 1.10 bits per heavy atom. The molecule has 0 aromatic heterocycles. The van der Waals surface area contributed by atoms with E-state index in [1.165, 1.54) is 0 Å². The van der Waals surface area contributed by atoms with Crippen LogP contribution in [0.15, 0.2) is 35.4 Å². The Kier molecular flexibility index (Phi) is 9.31. The van der Waals surface area contributed by atoms with Crippen LogP contribution in [0.3, 0.4) is 0 Å². The molecule has 0 amide bonds. The molecule has 6 atom stereocenters. The minimum absolute atomic E-state index is 0.259. The molecule has 2 aliphatic heterocycles. The van der Waals surface area contributed by atoms with Gasteiger partial charge >= 0.3 is 0 Å². The van der Waals surface area contributed by atoms with Crippen molar-refractivity contribution in [3.05, 3.63) is 46.3 Å². The van der Waals surface area contributed by atoms with Crippen molar-refractivity contribution >= 4 is 0 Å². The van der Waals surface area contributed by atoms with E-state index in [1.54, 1.807) is 0 Å². The quantitative estimate of drug-likeness (QED) is 0.250. The minimum Gasteiger partial charge on any atom is -0.390 e. The monoisotopic (exact) mass is 423 g/mol. The normalized spacial score (nSPS) is 31.0. The topological polar surface area (TPSA) is 124 Å². The summed E-state index contributed by atoms with van der Waals surface area (Å²) in [5, 5.41) is 14.1. The van der Waals surface area contributed by atoms with Crippen LogP contribution in [0.5, 0.6) is 0 Å². The zero-order valence-corrected chi connectivity index (χ0v) is 17.0. The second-order valence-electron chi connectivity index (χ2n) is 7.12. The summed E-state index contributed by atoms with van der Waals surface area (Å²) < 4.78 is 34.2. The van der Waals surface area contributed by atoms with Gasteiger partial charge < -0.3 is 33.5 Å². The van der Waals surface area contributed by atoms with E-state index in [0.717, 1.165) is 5.56 Å². The summed E-state index contributed by atoms with van der Waals surface area (Å²) in [6.45, 7) is 4.39.